The average Bonchev–Trinajstić information content (AvgIpc) is 3.38. The van der Waals surface area contributed by atoms with Gasteiger partial charge in [-0.3, -0.25) is 9.59 Å². The van der Waals surface area contributed by atoms with Gasteiger partial charge in [0.1, 0.15) is 5.82 Å². The van der Waals surface area contributed by atoms with E-state index in [0.717, 1.165) is 16.8 Å². The molecule has 184 valence electrons. The Morgan fingerprint density at radius 1 is 0.917 bits per heavy atom. The highest BCUT2D eigenvalue weighted by atomic mass is 19.1. The molecule has 4 rings (SSSR count). The minimum atomic E-state index is -0.365. The highest BCUT2D eigenvalue weighted by Gasteiger charge is 2.20. The first-order valence-electron chi connectivity index (χ1n) is 11.6. The molecule has 0 aliphatic heterocycles. The van der Waals surface area contributed by atoms with E-state index in [-0.39, 0.29) is 36.5 Å². The van der Waals surface area contributed by atoms with Crippen molar-refractivity contribution in [2.75, 3.05) is 24.3 Å². The second-order valence-corrected chi connectivity index (χ2v) is 8.83. The third kappa shape index (κ3) is 5.99. The molecule has 0 saturated heterocycles. The van der Waals surface area contributed by atoms with Gasteiger partial charge in [-0.25, -0.2) is 4.39 Å². The molecule has 4 aromatic rings. The number of amides is 2. The zero-order chi connectivity index (χ0) is 25.7. The third-order valence-corrected chi connectivity index (χ3v) is 5.74. The van der Waals surface area contributed by atoms with Crippen LogP contribution < -0.4 is 10.2 Å². The molecular weight excluding hydrogens is 457 g/mol. The van der Waals surface area contributed by atoms with Crippen molar-refractivity contribution in [3.8, 4) is 0 Å². The quantitative estimate of drug-likeness (QED) is 0.338. The van der Waals surface area contributed by atoms with Crippen molar-refractivity contribution in [1.82, 2.24) is 4.90 Å². The summed E-state index contributed by atoms with van der Waals surface area (Å²) < 4.78 is 19.1. The fraction of sp³-hybridized carbons (Fsp3) is 0.172. The van der Waals surface area contributed by atoms with E-state index in [4.69, 9.17) is 4.42 Å². The lowest BCUT2D eigenvalue weighted by Crippen LogP contribution is -2.31. The molecule has 0 fully saturated rings. The van der Waals surface area contributed by atoms with Gasteiger partial charge >= 0.3 is 0 Å². The van der Waals surface area contributed by atoms with Crippen LogP contribution in [0.3, 0.4) is 0 Å². The van der Waals surface area contributed by atoms with Gasteiger partial charge in [0.05, 0.1) is 6.26 Å². The minimum Gasteiger partial charge on any atom is -0.459 e. The van der Waals surface area contributed by atoms with Crippen molar-refractivity contribution in [3.05, 3.63) is 119 Å². The average molecular weight is 486 g/mol. The molecule has 0 saturated carbocycles. The first-order chi connectivity index (χ1) is 17.3. The monoisotopic (exact) mass is 485 g/mol. The van der Waals surface area contributed by atoms with Crippen LogP contribution in [0, 0.1) is 12.7 Å². The van der Waals surface area contributed by atoms with Crippen LogP contribution in [0.2, 0.25) is 0 Å². The van der Waals surface area contributed by atoms with Crippen LogP contribution in [-0.4, -0.2) is 30.8 Å². The van der Waals surface area contributed by atoms with Crippen LogP contribution in [0.15, 0.2) is 89.5 Å². The number of hydrogen-bond acceptors (Lipinski definition) is 4. The maximum atomic E-state index is 13.9. The summed E-state index contributed by atoms with van der Waals surface area (Å²) in [7, 11) is 3.83. The van der Waals surface area contributed by atoms with Gasteiger partial charge < -0.3 is 19.5 Å². The number of nitrogens with zero attached hydrogens (tertiary/aromatic N) is 2. The summed E-state index contributed by atoms with van der Waals surface area (Å²) in [5, 5.41) is 2.85. The molecule has 0 atom stereocenters. The molecule has 1 aromatic heterocycles. The van der Waals surface area contributed by atoms with E-state index in [1.807, 2.05) is 56.3 Å². The second-order valence-electron chi connectivity index (χ2n) is 8.83. The Balaban J connectivity index is 1.68. The van der Waals surface area contributed by atoms with Crippen molar-refractivity contribution in [2.24, 2.45) is 0 Å². The predicted molar refractivity (Wildman–Crippen MR) is 139 cm³/mol. The van der Waals surface area contributed by atoms with Gasteiger partial charge in [0.25, 0.3) is 11.8 Å². The molecule has 0 radical (unpaired) electrons. The van der Waals surface area contributed by atoms with E-state index in [0.29, 0.717) is 16.8 Å². The first-order valence-corrected chi connectivity index (χ1v) is 11.6. The Morgan fingerprint density at radius 3 is 2.42 bits per heavy atom. The SMILES string of the molecule is Cc1cccc(C(=O)N(Cc2cccc(F)c2)Cc2cc(NC(=O)c3ccco3)ccc2N(C)C)c1. The molecule has 2 amide bonds. The van der Waals surface area contributed by atoms with Gasteiger partial charge in [-0.05, 0) is 72.6 Å². The fourth-order valence-corrected chi connectivity index (χ4v) is 4.05. The van der Waals surface area contributed by atoms with Crippen molar-refractivity contribution < 1.29 is 18.4 Å². The molecule has 1 N–H and O–H groups in total. The van der Waals surface area contributed by atoms with Gasteiger partial charge in [-0.1, -0.05) is 29.8 Å². The van der Waals surface area contributed by atoms with Gasteiger partial charge in [0, 0.05) is 44.1 Å². The predicted octanol–water partition coefficient (Wildman–Crippen LogP) is 5.89. The number of carbonyl (C=O) groups excluding carboxylic acids is 2. The van der Waals surface area contributed by atoms with E-state index >= 15 is 0 Å². The Kier molecular flexibility index (Phi) is 7.49. The number of hydrogen-bond donors (Lipinski definition) is 1. The number of carbonyl (C=O) groups is 2. The second kappa shape index (κ2) is 10.9. The fourth-order valence-electron chi connectivity index (χ4n) is 4.05. The smallest absolute Gasteiger partial charge is 0.291 e. The van der Waals surface area contributed by atoms with Crippen molar-refractivity contribution in [3.63, 3.8) is 0 Å². The molecule has 1 heterocycles. The zero-order valence-electron chi connectivity index (χ0n) is 20.5. The number of furan rings is 1. The molecule has 0 unspecified atom stereocenters. The van der Waals surface area contributed by atoms with Crippen LogP contribution in [0.1, 0.15) is 37.6 Å². The maximum Gasteiger partial charge on any atom is 0.291 e. The number of aryl methyl sites for hydroxylation is 1. The first kappa shape index (κ1) is 24.7. The third-order valence-electron chi connectivity index (χ3n) is 5.74. The van der Waals surface area contributed by atoms with Crippen LogP contribution >= 0.6 is 0 Å². The molecule has 0 bridgehead atoms. The van der Waals surface area contributed by atoms with E-state index in [1.54, 1.807) is 41.3 Å². The lowest BCUT2D eigenvalue weighted by Gasteiger charge is -2.27. The molecule has 3 aromatic carbocycles. The summed E-state index contributed by atoms with van der Waals surface area (Å²) in [6.45, 7) is 2.41. The number of anilines is 2. The van der Waals surface area contributed by atoms with E-state index in [1.165, 1.54) is 18.4 Å². The lowest BCUT2D eigenvalue weighted by molar-refractivity contribution is 0.0729. The summed E-state index contributed by atoms with van der Waals surface area (Å²) in [6, 6.07) is 22.4. The molecule has 7 heteroatoms. The summed E-state index contributed by atoms with van der Waals surface area (Å²) in [6.07, 6.45) is 1.44. The van der Waals surface area contributed by atoms with E-state index in [2.05, 4.69) is 5.32 Å². The van der Waals surface area contributed by atoms with Crippen molar-refractivity contribution in [1.29, 1.82) is 0 Å². The molecule has 0 aliphatic rings. The summed E-state index contributed by atoms with van der Waals surface area (Å²) in [5.41, 5.74) is 4.51. The number of rotatable bonds is 8. The van der Waals surface area contributed by atoms with Crippen LogP contribution in [-0.2, 0) is 13.1 Å². The molecule has 0 aliphatic carbocycles. The van der Waals surface area contributed by atoms with Gasteiger partial charge in [0.15, 0.2) is 5.76 Å². The Bertz CT molecular complexity index is 1370. The van der Waals surface area contributed by atoms with E-state index < -0.39 is 0 Å². The van der Waals surface area contributed by atoms with E-state index in [9.17, 15) is 14.0 Å². The summed E-state index contributed by atoms with van der Waals surface area (Å²) in [4.78, 5) is 29.8. The Labute approximate surface area is 210 Å². The van der Waals surface area contributed by atoms with Crippen molar-refractivity contribution >= 4 is 23.2 Å². The maximum absolute atomic E-state index is 13.9. The Hall–Kier alpha value is -4.39. The molecule has 6 nitrogen and oxygen atoms in total. The largest absolute Gasteiger partial charge is 0.459 e. The summed E-state index contributed by atoms with van der Waals surface area (Å²) >= 11 is 0. The minimum absolute atomic E-state index is 0.169. The zero-order valence-corrected chi connectivity index (χ0v) is 20.5. The Morgan fingerprint density at radius 2 is 1.72 bits per heavy atom. The van der Waals surface area contributed by atoms with Crippen LogP contribution in [0.25, 0.3) is 0 Å². The van der Waals surface area contributed by atoms with Gasteiger partial charge in [-0.2, -0.15) is 0 Å². The lowest BCUT2D eigenvalue weighted by atomic mass is 10.1. The van der Waals surface area contributed by atoms with Gasteiger partial charge in [0.2, 0.25) is 0 Å². The highest BCUT2D eigenvalue weighted by Crippen LogP contribution is 2.26. The summed E-state index contributed by atoms with van der Waals surface area (Å²) in [5.74, 6) is -0.684. The number of benzene rings is 3. The number of nitrogens with one attached hydrogen (secondary N) is 1. The van der Waals surface area contributed by atoms with Crippen molar-refractivity contribution in [2.45, 2.75) is 20.0 Å². The number of halogens is 1. The van der Waals surface area contributed by atoms with Crippen LogP contribution in [0.4, 0.5) is 15.8 Å². The normalized spacial score (nSPS) is 10.7. The molecule has 0 spiro atoms. The topological polar surface area (TPSA) is 65.8 Å². The molecular formula is C29H28FN3O3. The molecule has 36 heavy (non-hydrogen) atoms. The van der Waals surface area contributed by atoms with Crippen LogP contribution in [0.5, 0.6) is 0 Å². The highest BCUT2D eigenvalue weighted by molar-refractivity contribution is 6.02. The van der Waals surface area contributed by atoms with Gasteiger partial charge in [-0.15, -0.1) is 0 Å². The standard InChI is InChI=1S/C29H28FN3O3/c1-20-7-4-9-22(15-20)29(35)33(18-21-8-5-10-24(30)16-21)19-23-17-25(12-13-26(23)32(2)3)31-28(34)27-11-6-14-36-27/h4-17H,18-19H2,1-3H3,(H,31,34).